The molecule has 0 radical (unpaired) electrons. The second-order valence-corrected chi connectivity index (χ2v) is 4.57. The molecular weight excluding hydrogens is 255 g/mol. The first-order valence-electron chi connectivity index (χ1n) is 6.17. The molecule has 0 heterocycles. The summed E-state index contributed by atoms with van der Waals surface area (Å²) < 4.78 is 18.1. The number of benzene rings is 1. The second kappa shape index (κ2) is 8.22. The number of rotatable bonds is 8. The number of unbranched alkanes of at least 4 members (excludes halogenated alkanes) is 1. The van der Waals surface area contributed by atoms with Crippen LogP contribution in [0.4, 0.5) is 4.39 Å². The fourth-order valence-corrected chi connectivity index (χ4v) is 1.73. The lowest BCUT2D eigenvalue weighted by Gasteiger charge is -2.05. The lowest BCUT2D eigenvalue weighted by Crippen LogP contribution is -2.08. The van der Waals surface area contributed by atoms with Crippen LogP contribution in [0, 0.1) is 5.82 Å². The summed E-state index contributed by atoms with van der Waals surface area (Å²) in [6.45, 7) is 3.23. The second-order valence-electron chi connectivity index (χ2n) is 4.17. The van der Waals surface area contributed by atoms with Gasteiger partial charge in [0, 0.05) is 24.5 Å². The van der Waals surface area contributed by atoms with Crippen LogP contribution in [0.15, 0.2) is 18.2 Å². The molecule has 2 nitrogen and oxygen atoms in total. The molecule has 18 heavy (non-hydrogen) atoms. The summed E-state index contributed by atoms with van der Waals surface area (Å²) in [5.41, 5.74) is 0.664. The van der Waals surface area contributed by atoms with E-state index in [1.54, 1.807) is 6.07 Å². The summed E-state index contributed by atoms with van der Waals surface area (Å²) in [4.78, 5) is 11.6. The monoisotopic (exact) mass is 272 g/mol. The Kier molecular flexibility index (Phi) is 6.91. The van der Waals surface area contributed by atoms with Gasteiger partial charge < -0.3 is 4.74 Å². The minimum absolute atomic E-state index is 0.0556. The Hall–Kier alpha value is -0.930. The summed E-state index contributed by atoms with van der Waals surface area (Å²) in [7, 11) is 0. The third-order valence-corrected chi connectivity index (χ3v) is 2.92. The van der Waals surface area contributed by atoms with Crippen molar-refractivity contribution in [2.24, 2.45) is 0 Å². The Labute approximate surface area is 112 Å². The Bertz CT molecular complexity index is 393. The molecule has 0 bridgehead atoms. The molecule has 0 saturated carbocycles. The van der Waals surface area contributed by atoms with Gasteiger partial charge in [-0.15, -0.1) is 0 Å². The maximum atomic E-state index is 12.8. The number of hydrogen-bond acceptors (Lipinski definition) is 2. The number of ether oxygens (including phenoxy) is 1. The maximum Gasteiger partial charge on any atom is 0.139 e. The zero-order chi connectivity index (χ0) is 13.4. The number of ketones is 1. The van der Waals surface area contributed by atoms with Crippen molar-refractivity contribution in [3.8, 4) is 0 Å². The summed E-state index contributed by atoms with van der Waals surface area (Å²) in [6.07, 6.45) is 2.70. The van der Waals surface area contributed by atoms with E-state index in [-0.39, 0.29) is 18.0 Å². The maximum absolute atomic E-state index is 12.8. The van der Waals surface area contributed by atoms with Gasteiger partial charge in [0.15, 0.2) is 0 Å². The van der Waals surface area contributed by atoms with Crippen molar-refractivity contribution in [3.63, 3.8) is 0 Å². The van der Waals surface area contributed by atoms with Crippen molar-refractivity contribution in [2.45, 2.75) is 32.6 Å². The van der Waals surface area contributed by atoms with Crippen molar-refractivity contribution >= 4 is 17.4 Å². The first-order valence-corrected chi connectivity index (χ1v) is 6.54. The van der Waals surface area contributed by atoms with Gasteiger partial charge in [-0.3, -0.25) is 4.79 Å². The molecule has 0 unspecified atom stereocenters. The smallest absolute Gasteiger partial charge is 0.139 e. The highest BCUT2D eigenvalue weighted by molar-refractivity contribution is 6.31. The minimum Gasteiger partial charge on any atom is -0.381 e. The van der Waals surface area contributed by atoms with E-state index in [0.29, 0.717) is 30.2 Å². The van der Waals surface area contributed by atoms with Crippen LogP contribution >= 0.6 is 11.6 Å². The van der Waals surface area contributed by atoms with Crippen molar-refractivity contribution in [1.29, 1.82) is 0 Å². The van der Waals surface area contributed by atoms with Gasteiger partial charge in [0.2, 0.25) is 0 Å². The molecule has 1 rings (SSSR count). The van der Waals surface area contributed by atoms with Gasteiger partial charge in [0.05, 0.1) is 6.61 Å². The SMILES string of the molecule is CCCCOCCC(=O)Cc1ccc(F)cc1Cl. The first-order chi connectivity index (χ1) is 8.63. The summed E-state index contributed by atoms with van der Waals surface area (Å²) >= 11 is 5.85. The van der Waals surface area contributed by atoms with Crippen molar-refractivity contribution in [1.82, 2.24) is 0 Å². The van der Waals surface area contributed by atoms with E-state index >= 15 is 0 Å². The number of carbonyl (C=O) groups is 1. The zero-order valence-electron chi connectivity index (χ0n) is 10.5. The number of halogens is 2. The van der Waals surface area contributed by atoms with Crippen LogP contribution in [0.3, 0.4) is 0 Å². The molecule has 4 heteroatoms. The molecule has 0 aliphatic rings. The van der Waals surface area contributed by atoms with Crippen molar-refractivity contribution in [3.05, 3.63) is 34.6 Å². The molecule has 0 N–H and O–H groups in total. The van der Waals surface area contributed by atoms with E-state index in [4.69, 9.17) is 16.3 Å². The quantitative estimate of drug-likeness (QED) is 0.673. The summed E-state index contributed by atoms with van der Waals surface area (Å²) in [5.74, 6) is -0.334. The van der Waals surface area contributed by atoms with Crippen LogP contribution in [0.1, 0.15) is 31.7 Å². The Morgan fingerprint density at radius 1 is 1.39 bits per heavy atom. The van der Waals surface area contributed by atoms with Crippen LogP contribution in [0.5, 0.6) is 0 Å². The molecule has 0 spiro atoms. The molecule has 1 aromatic carbocycles. The predicted octanol–water partition coefficient (Wildman–Crippen LogP) is 3.80. The van der Waals surface area contributed by atoms with Crippen molar-refractivity contribution in [2.75, 3.05) is 13.2 Å². The van der Waals surface area contributed by atoms with Crippen LogP contribution in [-0.2, 0) is 16.0 Å². The van der Waals surface area contributed by atoms with Gasteiger partial charge in [0.25, 0.3) is 0 Å². The van der Waals surface area contributed by atoms with Crippen LogP contribution in [-0.4, -0.2) is 19.0 Å². The van der Waals surface area contributed by atoms with E-state index in [9.17, 15) is 9.18 Å². The Balaban J connectivity index is 2.31. The third kappa shape index (κ3) is 5.61. The fraction of sp³-hybridized carbons (Fsp3) is 0.500. The molecule has 1 aromatic rings. The highest BCUT2D eigenvalue weighted by atomic mass is 35.5. The number of hydrogen-bond donors (Lipinski definition) is 0. The van der Waals surface area contributed by atoms with Crippen LogP contribution in [0.25, 0.3) is 0 Å². The minimum atomic E-state index is -0.390. The van der Waals surface area contributed by atoms with Gasteiger partial charge in [-0.05, 0) is 24.1 Å². The summed E-state index contributed by atoms with van der Waals surface area (Å²) in [5, 5.41) is 0.301. The number of Topliss-reactive ketones (excluding diaryl/α,β-unsaturated/α-hetero) is 1. The molecule has 0 aromatic heterocycles. The normalized spacial score (nSPS) is 10.6. The average Bonchev–Trinajstić information content (AvgIpc) is 2.32. The van der Waals surface area contributed by atoms with Gasteiger partial charge in [-0.25, -0.2) is 4.39 Å². The van der Waals surface area contributed by atoms with Gasteiger partial charge in [-0.1, -0.05) is 31.0 Å². The van der Waals surface area contributed by atoms with Crippen molar-refractivity contribution < 1.29 is 13.9 Å². The van der Waals surface area contributed by atoms with E-state index < -0.39 is 0 Å². The van der Waals surface area contributed by atoms with Gasteiger partial charge in [0.1, 0.15) is 11.6 Å². The van der Waals surface area contributed by atoms with Crippen LogP contribution in [0.2, 0.25) is 5.02 Å². The zero-order valence-corrected chi connectivity index (χ0v) is 11.3. The lowest BCUT2D eigenvalue weighted by molar-refractivity contribution is -0.119. The highest BCUT2D eigenvalue weighted by Gasteiger charge is 2.08. The average molecular weight is 273 g/mol. The molecule has 0 saturated heterocycles. The third-order valence-electron chi connectivity index (χ3n) is 2.57. The largest absolute Gasteiger partial charge is 0.381 e. The molecule has 0 aliphatic carbocycles. The lowest BCUT2D eigenvalue weighted by atomic mass is 10.1. The Morgan fingerprint density at radius 2 is 2.17 bits per heavy atom. The molecule has 100 valence electrons. The topological polar surface area (TPSA) is 26.3 Å². The standard InChI is InChI=1S/C14H18ClFO2/c1-2-3-7-18-8-6-13(17)9-11-4-5-12(16)10-14(11)15/h4-5,10H,2-3,6-9H2,1H3. The van der Waals surface area contributed by atoms with E-state index in [0.717, 1.165) is 12.8 Å². The molecular formula is C14H18ClFO2. The van der Waals surface area contributed by atoms with E-state index in [1.165, 1.54) is 12.1 Å². The predicted molar refractivity (Wildman–Crippen MR) is 70.5 cm³/mol. The van der Waals surface area contributed by atoms with E-state index in [1.807, 2.05) is 0 Å². The van der Waals surface area contributed by atoms with Crippen LogP contribution < -0.4 is 0 Å². The summed E-state index contributed by atoms with van der Waals surface area (Å²) in [6, 6.07) is 4.08. The van der Waals surface area contributed by atoms with Gasteiger partial charge >= 0.3 is 0 Å². The van der Waals surface area contributed by atoms with Gasteiger partial charge in [-0.2, -0.15) is 0 Å². The molecule has 0 amide bonds. The van der Waals surface area contributed by atoms with E-state index in [2.05, 4.69) is 6.92 Å². The highest BCUT2D eigenvalue weighted by Crippen LogP contribution is 2.18. The first kappa shape index (κ1) is 15.1. The molecule has 0 fully saturated rings. The number of carbonyl (C=O) groups excluding carboxylic acids is 1. The Morgan fingerprint density at radius 3 is 2.83 bits per heavy atom. The molecule has 0 aliphatic heterocycles. The fourth-order valence-electron chi connectivity index (χ4n) is 1.50. The molecule has 0 atom stereocenters.